The summed E-state index contributed by atoms with van der Waals surface area (Å²) >= 11 is 0. The molecule has 0 amide bonds. The van der Waals surface area contributed by atoms with Crippen molar-refractivity contribution in [3.63, 3.8) is 0 Å². The molecule has 6 heteroatoms. The summed E-state index contributed by atoms with van der Waals surface area (Å²) in [4.78, 5) is 8.42. The summed E-state index contributed by atoms with van der Waals surface area (Å²) in [5.74, 6) is 1.75. The lowest BCUT2D eigenvalue weighted by Crippen LogP contribution is -2.09. The highest BCUT2D eigenvalue weighted by molar-refractivity contribution is 5.98. The zero-order chi connectivity index (χ0) is 19.4. The van der Waals surface area contributed by atoms with Crippen LogP contribution in [0.25, 0.3) is 0 Å². The van der Waals surface area contributed by atoms with Crippen molar-refractivity contribution in [2.75, 3.05) is 19.0 Å². The van der Waals surface area contributed by atoms with Gasteiger partial charge in [-0.05, 0) is 51.0 Å². The summed E-state index contributed by atoms with van der Waals surface area (Å²) in [5.41, 5.74) is 1.99. The molecular formula is C20H28N4O2. The highest BCUT2D eigenvalue weighted by Crippen LogP contribution is 2.13. The summed E-state index contributed by atoms with van der Waals surface area (Å²) in [6.45, 7) is 8.15. The van der Waals surface area contributed by atoms with Gasteiger partial charge in [-0.3, -0.25) is 4.98 Å². The van der Waals surface area contributed by atoms with E-state index in [2.05, 4.69) is 22.2 Å². The molecule has 0 spiro atoms. The number of nitrogens with zero attached hydrogens (tertiary/aromatic N) is 2. The number of anilines is 1. The van der Waals surface area contributed by atoms with E-state index in [1.54, 1.807) is 26.4 Å². The van der Waals surface area contributed by atoms with E-state index in [0.717, 1.165) is 17.8 Å². The molecule has 6 nitrogen and oxygen atoms in total. The molecule has 0 saturated heterocycles. The molecule has 1 rings (SSSR count). The number of methoxy groups -OCH3 is 1. The van der Waals surface area contributed by atoms with Gasteiger partial charge >= 0.3 is 0 Å². The van der Waals surface area contributed by atoms with E-state index in [1.807, 2.05) is 44.2 Å². The highest BCUT2D eigenvalue weighted by atomic mass is 16.5. The van der Waals surface area contributed by atoms with Crippen LogP contribution in [0.4, 0.5) is 5.82 Å². The minimum Gasteiger partial charge on any atom is -0.497 e. The molecule has 2 N–H and O–H groups in total. The van der Waals surface area contributed by atoms with Crippen LogP contribution in [0.1, 0.15) is 34.1 Å². The second kappa shape index (κ2) is 11.6. The van der Waals surface area contributed by atoms with Gasteiger partial charge < -0.3 is 20.2 Å². The maximum atomic E-state index is 7.98. The van der Waals surface area contributed by atoms with Crippen LogP contribution in [-0.4, -0.2) is 29.4 Å². The van der Waals surface area contributed by atoms with Crippen LogP contribution in [-0.2, 0) is 4.74 Å². The van der Waals surface area contributed by atoms with E-state index in [1.165, 1.54) is 0 Å². The van der Waals surface area contributed by atoms with Gasteiger partial charge in [0.1, 0.15) is 5.76 Å². The molecule has 140 valence electrons. The first-order valence-electron chi connectivity index (χ1n) is 8.58. The molecule has 0 bridgehead atoms. The van der Waals surface area contributed by atoms with Crippen molar-refractivity contribution in [3.8, 4) is 5.88 Å². The average Bonchev–Trinajstić information content (AvgIpc) is 2.62. The second-order valence-electron chi connectivity index (χ2n) is 5.48. The number of aromatic nitrogens is 2. The fraction of sp³-hybridized carbons (Fsp3) is 0.350. The van der Waals surface area contributed by atoms with Crippen LogP contribution in [0, 0.1) is 5.41 Å². The molecule has 0 aromatic carbocycles. The molecule has 0 atom stereocenters. The monoisotopic (exact) mass is 356 g/mol. The first-order valence-corrected chi connectivity index (χ1v) is 8.58. The molecule has 0 aliphatic heterocycles. The lowest BCUT2D eigenvalue weighted by molar-refractivity contribution is 0.307. The molecule has 0 unspecified atom stereocenters. The predicted molar refractivity (Wildman–Crippen MR) is 107 cm³/mol. The van der Waals surface area contributed by atoms with Crippen LogP contribution in [0.2, 0.25) is 0 Å². The van der Waals surface area contributed by atoms with Crippen molar-refractivity contribution >= 4 is 11.5 Å². The Kier molecular flexibility index (Phi) is 9.46. The lowest BCUT2D eigenvalue weighted by atomic mass is 10.2. The van der Waals surface area contributed by atoms with Crippen molar-refractivity contribution in [2.24, 2.45) is 0 Å². The van der Waals surface area contributed by atoms with Gasteiger partial charge in [0.15, 0.2) is 5.82 Å². The second-order valence-corrected chi connectivity index (χ2v) is 5.48. The van der Waals surface area contributed by atoms with Gasteiger partial charge in [0.25, 0.3) is 0 Å². The predicted octanol–water partition coefficient (Wildman–Crippen LogP) is 4.65. The maximum Gasteiger partial charge on any atom is 0.234 e. The van der Waals surface area contributed by atoms with Crippen LogP contribution < -0.4 is 10.1 Å². The Bertz CT molecular complexity index is 718. The Labute approximate surface area is 155 Å². The van der Waals surface area contributed by atoms with Gasteiger partial charge in [-0.25, -0.2) is 0 Å². The molecule has 0 radical (unpaired) electrons. The SMILES string of the molecule is CC/C=C/C(=C\C=C(C)\C=C(/Nc1cncc(OCC)n1)C(C)=N)OC. The summed E-state index contributed by atoms with van der Waals surface area (Å²) in [6.07, 6.45) is 13.8. The Balaban J connectivity index is 2.99. The van der Waals surface area contributed by atoms with E-state index in [9.17, 15) is 0 Å². The number of allylic oxidation sites excluding steroid dienone is 7. The molecular weight excluding hydrogens is 328 g/mol. The van der Waals surface area contributed by atoms with Crippen molar-refractivity contribution in [1.29, 1.82) is 5.41 Å². The van der Waals surface area contributed by atoms with Gasteiger partial charge in [-0.2, -0.15) is 4.98 Å². The van der Waals surface area contributed by atoms with Crippen LogP contribution in [0.15, 0.2) is 59.8 Å². The number of hydrogen-bond acceptors (Lipinski definition) is 6. The fourth-order valence-electron chi connectivity index (χ4n) is 1.92. The zero-order valence-electron chi connectivity index (χ0n) is 16.2. The summed E-state index contributed by atoms with van der Waals surface area (Å²) in [6, 6.07) is 0. The first-order chi connectivity index (χ1) is 12.5. The van der Waals surface area contributed by atoms with E-state index in [4.69, 9.17) is 14.9 Å². The lowest BCUT2D eigenvalue weighted by Gasteiger charge is -2.10. The quantitative estimate of drug-likeness (QED) is 0.362. The number of rotatable bonds is 10. The molecule has 1 aromatic rings. The van der Waals surface area contributed by atoms with Crippen molar-refractivity contribution < 1.29 is 9.47 Å². The van der Waals surface area contributed by atoms with Crippen LogP contribution in [0.3, 0.4) is 0 Å². The van der Waals surface area contributed by atoms with Crippen molar-refractivity contribution in [3.05, 3.63) is 59.8 Å². The van der Waals surface area contributed by atoms with Gasteiger partial charge in [0.2, 0.25) is 5.88 Å². The Morgan fingerprint density at radius 2 is 2.00 bits per heavy atom. The Morgan fingerprint density at radius 3 is 2.62 bits per heavy atom. The summed E-state index contributed by atoms with van der Waals surface area (Å²) in [7, 11) is 1.64. The molecule has 1 aromatic heterocycles. The first kappa shape index (κ1) is 21.2. The van der Waals surface area contributed by atoms with Crippen LogP contribution in [0.5, 0.6) is 5.88 Å². The van der Waals surface area contributed by atoms with Crippen molar-refractivity contribution in [1.82, 2.24) is 9.97 Å². The standard InChI is InChI=1S/C20H28N4O2/c1-6-8-9-17(25-5)11-10-15(3)12-18(16(4)21)23-19-13-22-14-20(24-19)26-7-2/h8-14,21H,6-7H2,1-5H3,(H,23,24)/b9-8+,15-10+,17-11+,18-12-,21-16?. The molecule has 0 fully saturated rings. The van der Waals surface area contributed by atoms with E-state index in [-0.39, 0.29) is 0 Å². The largest absolute Gasteiger partial charge is 0.497 e. The summed E-state index contributed by atoms with van der Waals surface area (Å²) < 4.78 is 10.7. The minimum absolute atomic E-state index is 0.392. The van der Waals surface area contributed by atoms with Gasteiger partial charge in [-0.1, -0.05) is 19.1 Å². The van der Waals surface area contributed by atoms with E-state index in [0.29, 0.717) is 29.7 Å². The van der Waals surface area contributed by atoms with Crippen molar-refractivity contribution in [2.45, 2.75) is 34.1 Å². The average molecular weight is 356 g/mol. The minimum atomic E-state index is 0.392. The highest BCUT2D eigenvalue weighted by Gasteiger charge is 2.04. The number of nitrogens with one attached hydrogen (secondary N) is 2. The molecule has 1 heterocycles. The van der Waals surface area contributed by atoms with Gasteiger partial charge in [0, 0.05) is 0 Å². The summed E-state index contributed by atoms with van der Waals surface area (Å²) in [5, 5.41) is 11.1. The number of ether oxygens (including phenoxy) is 2. The van der Waals surface area contributed by atoms with Gasteiger partial charge in [-0.15, -0.1) is 0 Å². The van der Waals surface area contributed by atoms with Gasteiger partial charge in [0.05, 0.1) is 37.5 Å². The van der Waals surface area contributed by atoms with E-state index >= 15 is 0 Å². The third kappa shape index (κ3) is 7.79. The third-order valence-electron chi connectivity index (χ3n) is 3.21. The Hall–Kier alpha value is -2.89. The smallest absolute Gasteiger partial charge is 0.234 e. The topological polar surface area (TPSA) is 80.1 Å². The molecule has 26 heavy (non-hydrogen) atoms. The fourth-order valence-corrected chi connectivity index (χ4v) is 1.92. The normalized spacial score (nSPS) is 13.0. The molecule has 0 aliphatic rings. The maximum absolute atomic E-state index is 7.98. The number of hydrogen-bond donors (Lipinski definition) is 2. The van der Waals surface area contributed by atoms with E-state index < -0.39 is 0 Å². The molecule has 0 aliphatic carbocycles. The molecule has 0 saturated carbocycles. The van der Waals surface area contributed by atoms with Crippen LogP contribution >= 0.6 is 0 Å². The Morgan fingerprint density at radius 1 is 1.23 bits per heavy atom. The zero-order valence-corrected chi connectivity index (χ0v) is 16.2. The third-order valence-corrected chi connectivity index (χ3v) is 3.21.